The highest BCUT2D eigenvalue weighted by atomic mass is 32.2. The van der Waals surface area contributed by atoms with E-state index in [1.165, 1.54) is 17.4 Å². The molecule has 1 N–H and O–H groups in total. The van der Waals surface area contributed by atoms with Crippen LogP contribution in [0.1, 0.15) is 49.1 Å². The predicted molar refractivity (Wildman–Crippen MR) is 128 cm³/mol. The van der Waals surface area contributed by atoms with Crippen LogP contribution in [-0.2, 0) is 14.8 Å². The van der Waals surface area contributed by atoms with E-state index >= 15 is 0 Å². The Kier molecular flexibility index (Phi) is 7.48. The molecule has 32 heavy (non-hydrogen) atoms. The summed E-state index contributed by atoms with van der Waals surface area (Å²) in [5, 5.41) is 0. The molecule has 2 aromatic rings. The van der Waals surface area contributed by atoms with Gasteiger partial charge in [0.15, 0.2) is 0 Å². The molecular weight excluding hydrogens is 422 g/mol. The van der Waals surface area contributed by atoms with Gasteiger partial charge in [-0.05, 0) is 62.6 Å². The van der Waals surface area contributed by atoms with Crippen molar-refractivity contribution < 1.29 is 13.2 Å². The van der Waals surface area contributed by atoms with Crippen LogP contribution in [0.4, 0.5) is 5.82 Å². The second-order valence-corrected chi connectivity index (χ2v) is 11.2. The lowest BCUT2D eigenvalue weighted by Crippen LogP contribution is -2.52. The molecule has 2 heterocycles. The second-order valence-electron chi connectivity index (χ2n) is 9.40. The number of ether oxygens (including phenoxy) is 1. The Morgan fingerprint density at radius 3 is 2.59 bits per heavy atom. The number of anilines is 1. The molecule has 4 rings (SSSR count). The monoisotopic (exact) mass is 457 g/mol. The second kappa shape index (κ2) is 10.3. The number of aryl methyl sites for hydroxylation is 1. The van der Waals surface area contributed by atoms with Crippen molar-refractivity contribution in [2.75, 3.05) is 30.9 Å². The highest BCUT2D eigenvalue weighted by Crippen LogP contribution is 2.35. The van der Waals surface area contributed by atoms with E-state index < -0.39 is 10.0 Å². The van der Waals surface area contributed by atoms with Crippen LogP contribution in [0, 0.1) is 12.8 Å². The Hall–Kier alpha value is -1.96. The number of piperidine rings is 1. The predicted octanol–water partition coefficient (Wildman–Crippen LogP) is 3.88. The average Bonchev–Trinajstić information content (AvgIpc) is 2.78. The normalized spacial score (nSPS) is 26.8. The fourth-order valence-corrected chi connectivity index (χ4v) is 5.99. The minimum absolute atomic E-state index is 0.0926. The molecule has 2 fully saturated rings. The summed E-state index contributed by atoms with van der Waals surface area (Å²) in [6.07, 6.45) is 8.43. The van der Waals surface area contributed by atoms with Gasteiger partial charge in [0.1, 0.15) is 5.82 Å². The van der Waals surface area contributed by atoms with Crippen molar-refractivity contribution in [1.82, 2.24) is 9.71 Å². The van der Waals surface area contributed by atoms with Crippen LogP contribution in [-0.4, -0.2) is 51.5 Å². The lowest BCUT2D eigenvalue weighted by Gasteiger charge is -2.40. The molecule has 2 aliphatic rings. The number of benzene rings is 1. The quantitative estimate of drug-likeness (QED) is 0.683. The standard InChI is InChI=1S/C25H35N3O3S/c1-19-6-5-7-21(16-19)20-9-11-23(12-10-20)31-18-22-17-28(25-8-3-4-14-26-25)15-13-24(22)27-32(2,29)30/h3-8,14,16,20,22-24,27H,9-13,15,17-18H2,1-2H3/t20-,22?,23+,24?. The summed E-state index contributed by atoms with van der Waals surface area (Å²) in [6.45, 7) is 4.24. The van der Waals surface area contributed by atoms with E-state index in [9.17, 15) is 8.42 Å². The first-order valence-electron chi connectivity index (χ1n) is 11.7. The summed E-state index contributed by atoms with van der Waals surface area (Å²) >= 11 is 0. The minimum Gasteiger partial charge on any atom is -0.378 e. The Balaban J connectivity index is 1.34. The number of hydrogen-bond donors (Lipinski definition) is 1. The summed E-state index contributed by atoms with van der Waals surface area (Å²) in [6, 6.07) is 14.7. The van der Waals surface area contributed by atoms with E-state index in [0.717, 1.165) is 51.0 Å². The summed E-state index contributed by atoms with van der Waals surface area (Å²) in [5.41, 5.74) is 2.76. The molecule has 174 valence electrons. The van der Waals surface area contributed by atoms with Gasteiger partial charge < -0.3 is 9.64 Å². The molecule has 6 nitrogen and oxygen atoms in total. The van der Waals surface area contributed by atoms with Crippen molar-refractivity contribution in [1.29, 1.82) is 0 Å². The number of hydrogen-bond acceptors (Lipinski definition) is 5. The fourth-order valence-electron chi connectivity index (χ4n) is 5.13. The zero-order valence-corrected chi connectivity index (χ0v) is 19.9. The Bertz CT molecular complexity index is 975. The first-order valence-corrected chi connectivity index (χ1v) is 13.6. The van der Waals surface area contributed by atoms with Gasteiger partial charge in [-0.25, -0.2) is 18.1 Å². The molecule has 2 unspecified atom stereocenters. The number of nitrogens with zero attached hydrogens (tertiary/aromatic N) is 2. The highest BCUT2D eigenvalue weighted by Gasteiger charge is 2.33. The van der Waals surface area contributed by atoms with Crippen molar-refractivity contribution in [3.63, 3.8) is 0 Å². The molecule has 2 atom stereocenters. The molecule has 1 aromatic carbocycles. The number of nitrogens with one attached hydrogen (secondary N) is 1. The topological polar surface area (TPSA) is 71.5 Å². The van der Waals surface area contributed by atoms with Crippen molar-refractivity contribution >= 4 is 15.8 Å². The maximum Gasteiger partial charge on any atom is 0.208 e. The van der Waals surface area contributed by atoms with Crippen LogP contribution in [0.15, 0.2) is 48.7 Å². The third kappa shape index (κ3) is 6.30. The van der Waals surface area contributed by atoms with Crippen molar-refractivity contribution in [3.8, 4) is 0 Å². The van der Waals surface area contributed by atoms with Gasteiger partial charge in [-0.15, -0.1) is 0 Å². The summed E-state index contributed by atoms with van der Waals surface area (Å²) in [7, 11) is -3.26. The first kappa shape index (κ1) is 23.2. The van der Waals surface area contributed by atoms with E-state index in [0.29, 0.717) is 12.5 Å². The molecule has 1 aromatic heterocycles. The van der Waals surface area contributed by atoms with Gasteiger partial charge in [-0.2, -0.15) is 0 Å². The average molecular weight is 458 g/mol. The van der Waals surface area contributed by atoms with E-state index in [-0.39, 0.29) is 18.1 Å². The maximum absolute atomic E-state index is 11.9. The maximum atomic E-state index is 11.9. The Morgan fingerprint density at radius 2 is 1.91 bits per heavy atom. The van der Waals surface area contributed by atoms with Crippen LogP contribution in [0.5, 0.6) is 0 Å². The van der Waals surface area contributed by atoms with E-state index in [1.807, 2.05) is 18.2 Å². The number of aromatic nitrogens is 1. The van der Waals surface area contributed by atoms with Crippen LogP contribution in [0.3, 0.4) is 0 Å². The molecule has 1 aliphatic heterocycles. The Labute approximate surface area is 192 Å². The van der Waals surface area contributed by atoms with Crippen LogP contribution >= 0.6 is 0 Å². The van der Waals surface area contributed by atoms with Crippen molar-refractivity contribution in [2.24, 2.45) is 5.92 Å². The smallest absolute Gasteiger partial charge is 0.208 e. The molecule has 1 aliphatic carbocycles. The molecule has 0 radical (unpaired) electrons. The molecule has 0 bridgehead atoms. The van der Waals surface area contributed by atoms with Gasteiger partial charge in [0.05, 0.1) is 19.0 Å². The van der Waals surface area contributed by atoms with Gasteiger partial charge in [0.25, 0.3) is 0 Å². The summed E-state index contributed by atoms with van der Waals surface area (Å²) in [4.78, 5) is 6.72. The zero-order chi connectivity index (χ0) is 22.6. The van der Waals surface area contributed by atoms with Crippen LogP contribution in [0.25, 0.3) is 0 Å². The lowest BCUT2D eigenvalue weighted by molar-refractivity contribution is -0.00213. The summed E-state index contributed by atoms with van der Waals surface area (Å²) in [5.74, 6) is 1.65. The third-order valence-electron chi connectivity index (χ3n) is 6.81. The van der Waals surface area contributed by atoms with Gasteiger partial charge in [-0.1, -0.05) is 35.9 Å². The fraction of sp³-hybridized carbons (Fsp3) is 0.560. The largest absolute Gasteiger partial charge is 0.378 e. The minimum atomic E-state index is -3.26. The lowest BCUT2D eigenvalue weighted by atomic mass is 9.82. The van der Waals surface area contributed by atoms with Crippen LogP contribution < -0.4 is 9.62 Å². The molecule has 1 saturated heterocycles. The van der Waals surface area contributed by atoms with E-state index in [4.69, 9.17) is 4.74 Å². The first-order chi connectivity index (χ1) is 15.4. The van der Waals surface area contributed by atoms with E-state index in [2.05, 4.69) is 45.8 Å². The number of pyridine rings is 1. The SMILES string of the molecule is Cc1cccc([C@H]2CC[C@@H](OCC3CN(c4ccccn4)CCC3NS(C)(=O)=O)CC2)c1. The van der Waals surface area contributed by atoms with Crippen molar-refractivity contribution in [3.05, 3.63) is 59.8 Å². The summed E-state index contributed by atoms with van der Waals surface area (Å²) < 4.78 is 33.1. The van der Waals surface area contributed by atoms with Gasteiger partial charge in [0.2, 0.25) is 10.0 Å². The third-order valence-corrected chi connectivity index (χ3v) is 7.54. The van der Waals surface area contributed by atoms with Gasteiger partial charge >= 0.3 is 0 Å². The molecule has 0 amide bonds. The highest BCUT2D eigenvalue weighted by molar-refractivity contribution is 7.88. The molecule has 0 spiro atoms. The van der Waals surface area contributed by atoms with Gasteiger partial charge in [-0.3, -0.25) is 0 Å². The van der Waals surface area contributed by atoms with Crippen molar-refractivity contribution in [2.45, 2.75) is 57.1 Å². The van der Waals surface area contributed by atoms with Gasteiger partial charge in [0, 0.05) is 31.2 Å². The molecular formula is C25H35N3O3S. The Morgan fingerprint density at radius 1 is 1.09 bits per heavy atom. The molecule has 1 saturated carbocycles. The molecule has 7 heteroatoms. The van der Waals surface area contributed by atoms with Crippen LogP contribution in [0.2, 0.25) is 0 Å². The number of sulfonamides is 1. The zero-order valence-electron chi connectivity index (χ0n) is 19.1. The number of rotatable bonds is 7. The van der Waals surface area contributed by atoms with E-state index in [1.54, 1.807) is 6.20 Å².